The molecule has 1 heterocycles. The normalized spacial score (nSPS) is 25.8. The first kappa shape index (κ1) is 14.9. The Bertz CT molecular complexity index is 230. The molecular formula is C14H30N2O. The highest BCUT2D eigenvalue weighted by Gasteiger charge is 2.44. The number of methoxy groups -OCH3 is 1. The molecule has 0 spiro atoms. The average molecular weight is 242 g/mol. The van der Waals surface area contributed by atoms with Crippen molar-refractivity contribution in [2.45, 2.75) is 52.1 Å². The third-order valence-corrected chi connectivity index (χ3v) is 4.46. The van der Waals surface area contributed by atoms with E-state index in [4.69, 9.17) is 10.5 Å². The summed E-state index contributed by atoms with van der Waals surface area (Å²) in [5.41, 5.74) is 6.13. The summed E-state index contributed by atoms with van der Waals surface area (Å²) in [6, 6.07) is 0.663. The molecule has 0 aliphatic carbocycles. The topological polar surface area (TPSA) is 38.5 Å². The lowest BCUT2D eigenvalue weighted by Crippen LogP contribution is -2.62. The van der Waals surface area contributed by atoms with Crippen LogP contribution in [0.2, 0.25) is 0 Å². The summed E-state index contributed by atoms with van der Waals surface area (Å²) in [4.78, 5) is 2.63. The Morgan fingerprint density at radius 3 is 2.41 bits per heavy atom. The zero-order valence-corrected chi connectivity index (χ0v) is 12.2. The second-order valence-electron chi connectivity index (χ2n) is 6.04. The van der Waals surface area contributed by atoms with Crippen LogP contribution in [0, 0.1) is 11.8 Å². The monoisotopic (exact) mass is 242 g/mol. The summed E-state index contributed by atoms with van der Waals surface area (Å²) in [7, 11) is 1.78. The molecule has 1 fully saturated rings. The minimum atomic E-state index is 0.0141. The van der Waals surface area contributed by atoms with Crippen LogP contribution in [-0.2, 0) is 4.74 Å². The maximum atomic E-state index is 6.12. The van der Waals surface area contributed by atoms with Gasteiger partial charge < -0.3 is 10.5 Å². The number of nitrogens with zero attached hydrogens (tertiary/aromatic N) is 1. The zero-order chi connectivity index (χ0) is 13.1. The molecule has 102 valence electrons. The van der Waals surface area contributed by atoms with Gasteiger partial charge in [0, 0.05) is 19.7 Å². The SMILES string of the molecule is COCC(CN)(C(C)C)N1CCCC1C(C)C. The van der Waals surface area contributed by atoms with Crippen molar-refractivity contribution in [3.8, 4) is 0 Å². The van der Waals surface area contributed by atoms with E-state index in [1.807, 2.05) is 0 Å². The molecule has 3 nitrogen and oxygen atoms in total. The summed E-state index contributed by atoms with van der Waals surface area (Å²) >= 11 is 0. The van der Waals surface area contributed by atoms with Crippen LogP contribution in [0.4, 0.5) is 0 Å². The number of ether oxygens (including phenoxy) is 1. The second kappa shape index (κ2) is 6.17. The first-order chi connectivity index (χ1) is 7.99. The average Bonchev–Trinajstić information content (AvgIpc) is 2.74. The lowest BCUT2D eigenvalue weighted by Gasteiger charge is -2.48. The van der Waals surface area contributed by atoms with Gasteiger partial charge in [0.15, 0.2) is 0 Å². The van der Waals surface area contributed by atoms with Crippen LogP contribution in [0.5, 0.6) is 0 Å². The summed E-state index contributed by atoms with van der Waals surface area (Å²) in [6.45, 7) is 11.8. The maximum Gasteiger partial charge on any atom is 0.0661 e. The molecule has 3 heteroatoms. The summed E-state index contributed by atoms with van der Waals surface area (Å²) in [6.07, 6.45) is 2.59. The van der Waals surface area contributed by atoms with Gasteiger partial charge in [0.1, 0.15) is 0 Å². The van der Waals surface area contributed by atoms with Crippen LogP contribution in [0.15, 0.2) is 0 Å². The van der Waals surface area contributed by atoms with Gasteiger partial charge in [0.05, 0.1) is 12.1 Å². The minimum Gasteiger partial charge on any atom is -0.383 e. The van der Waals surface area contributed by atoms with Gasteiger partial charge in [-0.1, -0.05) is 27.7 Å². The first-order valence-electron chi connectivity index (χ1n) is 6.95. The number of rotatable bonds is 6. The van der Waals surface area contributed by atoms with Crippen molar-refractivity contribution in [3.05, 3.63) is 0 Å². The van der Waals surface area contributed by atoms with Crippen molar-refractivity contribution in [2.75, 3.05) is 26.8 Å². The fourth-order valence-corrected chi connectivity index (χ4v) is 3.28. The van der Waals surface area contributed by atoms with Crippen molar-refractivity contribution in [2.24, 2.45) is 17.6 Å². The number of hydrogen-bond donors (Lipinski definition) is 1. The molecule has 17 heavy (non-hydrogen) atoms. The van der Waals surface area contributed by atoms with Gasteiger partial charge >= 0.3 is 0 Å². The Morgan fingerprint density at radius 1 is 1.35 bits per heavy atom. The summed E-state index contributed by atoms with van der Waals surface area (Å²) in [5, 5.41) is 0. The lowest BCUT2D eigenvalue weighted by atomic mass is 9.83. The highest BCUT2D eigenvalue weighted by Crippen LogP contribution is 2.35. The first-order valence-corrected chi connectivity index (χ1v) is 6.95. The molecule has 2 N–H and O–H groups in total. The third kappa shape index (κ3) is 2.83. The van der Waals surface area contributed by atoms with Crippen molar-refractivity contribution in [1.82, 2.24) is 4.90 Å². The van der Waals surface area contributed by atoms with Crippen LogP contribution >= 0.6 is 0 Å². The molecule has 2 atom stereocenters. The highest BCUT2D eigenvalue weighted by molar-refractivity contribution is 5.00. The third-order valence-electron chi connectivity index (χ3n) is 4.46. The Labute approximate surface area is 107 Å². The van der Waals surface area contributed by atoms with E-state index in [1.54, 1.807) is 7.11 Å². The molecule has 2 unspecified atom stereocenters. The Kier molecular flexibility index (Phi) is 5.42. The predicted octanol–water partition coefficient (Wildman–Crippen LogP) is 2.11. The number of nitrogens with two attached hydrogens (primary N) is 1. The van der Waals surface area contributed by atoms with Gasteiger partial charge in [-0.05, 0) is 31.2 Å². The van der Waals surface area contributed by atoms with Gasteiger partial charge in [0.25, 0.3) is 0 Å². The molecule has 0 amide bonds. The van der Waals surface area contributed by atoms with Gasteiger partial charge in [-0.25, -0.2) is 0 Å². The number of hydrogen-bond acceptors (Lipinski definition) is 3. The fraction of sp³-hybridized carbons (Fsp3) is 1.00. The molecule has 1 saturated heterocycles. The van der Waals surface area contributed by atoms with Gasteiger partial charge in [-0.15, -0.1) is 0 Å². The molecule has 0 aromatic heterocycles. The van der Waals surface area contributed by atoms with E-state index in [9.17, 15) is 0 Å². The van der Waals surface area contributed by atoms with E-state index in [1.165, 1.54) is 19.4 Å². The van der Waals surface area contributed by atoms with Crippen LogP contribution in [-0.4, -0.2) is 43.3 Å². The maximum absolute atomic E-state index is 6.12. The van der Waals surface area contributed by atoms with Crippen LogP contribution in [0.3, 0.4) is 0 Å². The van der Waals surface area contributed by atoms with Crippen molar-refractivity contribution in [1.29, 1.82) is 0 Å². The van der Waals surface area contributed by atoms with Crippen LogP contribution < -0.4 is 5.73 Å². The molecule has 0 bridgehead atoms. The molecule has 1 aliphatic rings. The molecule has 0 radical (unpaired) electrons. The van der Waals surface area contributed by atoms with Crippen LogP contribution in [0.1, 0.15) is 40.5 Å². The quantitative estimate of drug-likeness (QED) is 0.775. The van der Waals surface area contributed by atoms with E-state index in [0.717, 1.165) is 6.61 Å². The minimum absolute atomic E-state index is 0.0141. The van der Waals surface area contributed by atoms with E-state index < -0.39 is 0 Å². The molecule has 1 rings (SSSR count). The molecule has 0 aromatic carbocycles. The largest absolute Gasteiger partial charge is 0.383 e. The van der Waals surface area contributed by atoms with Crippen LogP contribution in [0.25, 0.3) is 0 Å². The summed E-state index contributed by atoms with van der Waals surface area (Å²) < 4.78 is 5.48. The van der Waals surface area contributed by atoms with E-state index in [2.05, 4.69) is 32.6 Å². The zero-order valence-electron chi connectivity index (χ0n) is 12.2. The molecule has 1 aliphatic heterocycles. The number of likely N-dealkylation sites (tertiary alicyclic amines) is 1. The Morgan fingerprint density at radius 2 is 2.00 bits per heavy atom. The highest BCUT2D eigenvalue weighted by atomic mass is 16.5. The van der Waals surface area contributed by atoms with E-state index in [0.29, 0.717) is 24.4 Å². The van der Waals surface area contributed by atoms with Gasteiger partial charge in [-0.2, -0.15) is 0 Å². The van der Waals surface area contributed by atoms with E-state index >= 15 is 0 Å². The second-order valence-corrected chi connectivity index (χ2v) is 6.04. The molecular weight excluding hydrogens is 212 g/mol. The van der Waals surface area contributed by atoms with Gasteiger partial charge in [-0.3, -0.25) is 4.90 Å². The molecule has 0 saturated carbocycles. The van der Waals surface area contributed by atoms with Crippen molar-refractivity contribution >= 4 is 0 Å². The molecule has 0 aromatic rings. The fourth-order valence-electron chi connectivity index (χ4n) is 3.28. The van der Waals surface area contributed by atoms with Gasteiger partial charge in [0.2, 0.25) is 0 Å². The van der Waals surface area contributed by atoms with Crippen molar-refractivity contribution in [3.63, 3.8) is 0 Å². The van der Waals surface area contributed by atoms with Crippen molar-refractivity contribution < 1.29 is 4.74 Å². The predicted molar refractivity (Wildman–Crippen MR) is 73.1 cm³/mol. The standard InChI is InChI=1S/C14H30N2O/c1-11(2)13-7-6-8-16(13)14(9-15,10-17-5)12(3)4/h11-13H,6-10,15H2,1-5H3. The summed E-state index contributed by atoms with van der Waals surface area (Å²) in [5.74, 6) is 1.21. The smallest absolute Gasteiger partial charge is 0.0661 e. The lowest BCUT2D eigenvalue weighted by molar-refractivity contribution is -0.0327. The Balaban J connectivity index is 2.95. The van der Waals surface area contributed by atoms with E-state index in [-0.39, 0.29) is 5.54 Å². The Hall–Kier alpha value is -0.120.